The molecule has 0 aliphatic heterocycles. The highest BCUT2D eigenvalue weighted by Gasteiger charge is 2.47. The van der Waals surface area contributed by atoms with Gasteiger partial charge in [-0.3, -0.25) is 24.9 Å². The lowest BCUT2D eigenvalue weighted by atomic mass is 10.1. The van der Waals surface area contributed by atoms with Gasteiger partial charge in [0.15, 0.2) is 0 Å². The highest BCUT2D eigenvalue weighted by molar-refractivity contribution is 5.46. The zero-order valence-electron chi connectivity index (χ0n) is 25.7. The maximum absolute atomic E-state index is 13.4. The highest BCUT2D eigenvalue weighted by atomic mass is 19.4. The van der Waals surface area contributed by atoms with Crippen LogP contribution >= 0.6 is 0 Å². The van der Waals surface area contributed by atoms with E-state index < -0.39 is 56.8 Å². The van der Waals surface area contributed by atoms with E-state index in [4.69, 9.17) is 10.5 Å². The standard InChI is InChI=1S/2C15H13F3N4O2/c1-9(2)12-13(22(23)24)14(15(16,17)18)20-21(12)8-11-5-3-10(7-19)4-6-11;1-9(2)12-13(22(23)24)14(15(16,17)18)21(20-12)8-11-5-3-10(7-19)4-6-11/h2*3-6,9H,8H2,1-2H3. The number of hydrogen-bond donors (Lipinski definition) is 0. The van der Waals surface area contributed by atoms with Crippen LogP contribution < -0.4 is 0 Å². The van der Waals surface area contributed by atoms with E-state index in [-0.39, 0.29) is 24.5 Å². The summed E-state index contributed by atoms with van der Waals surface area (Å²) in [5.41, 5.74) is -3.37. The minimum absolute atomic E-state index is 0.0594. The molecular weight excluding hydrogens is 650 g/mol. The lowest BCUT2D eigenvalue weighted by Crippen LogP contribution is -2.17. The summed E-state index contributed by atoms with van der Waals surface area (Å²) in [7, 11) is 0. The van der Waals surface area contributed by atoms with Gasteiger partial charge in [0.1, 0.15) is 11.4 Å². The van der Waals surface area contributed by atoms with Gasteiger partial charge in [0.2, 0.25) is 11.4 Å². The zero-order chi connectivity index (χ0) is 36.1. The van der Waals surface area contributed by atoms with E-state index in [1.54, 1.807) is 39.8 Å². The molecule has 4 aromatic rings. The van der Waals surface area contributed by atoms with Crippen LogP contribution in [0.3, 0.4) is 0 Å². The van der Waals surface area contributed by atoms with Crippen LogP contribution in [-0.4, -0.2) is 29.4 Å². The second kappa shape index (κ2) is 14.3. The Morgan fingerprint density at radius 3 is 1.48 bits per heavy atom. The van der Waals surface area contributed by atoms with Gasteiger partial charge in [0.05, 0.1) is 46.2 Å². The molecule has 0 atom stereocenters. The molecule has 2 aromatic carbocycles. The molecule has 12 nitrogen and oxygen atoms in total. The highest BCUT2D eigenvalue weighted by Crippen LogP contribution is 2.41. The maximum atomic E-state index is 13.4. The third-order valence-corrected chi connectivity index (χ3v) is 6.75. The fourth-order valence-electron chi connectivity index (χ4n) is 4.68. The van der Waals surface area contributed by atoms with Crippen LogP contribution in [0, 0.1) is 42.9 Å². The van der Waals surface area contributed by atoms with Crippen molar-refractivity contribution in [2.75, 3.05) is 0 Å². The van der Waals surface area contributed by atoms with E-state index in [0.29, 0.717) is 26.9 Å². The van der Waals surface area contributed by atoms with Crippen LogP contribution in [0.1, 0.15) is 84.6 Å². The van der Waals surface area contributed by atoms with Crippen molar-refractivity contribution < 1.29 is 36.2 Å². The van der Waals surface area contributed by atoms with Gasteiger partial charge in [-0.15, -0.1) is 0 Å². The van der Waals surface area contributed by atoms with Crippen LogP contribution in [0.15, 0.2) is 48.5 Å². The maximum Gasteiger partial charge on any atom is 0.442 e. The fraction of sp³-hybridized carbons (Fsp3) is 0.333. The van der Waals surface area contributed by atoms with Crippen molar-refractivity contribution in [2.24, 2.45) is 0 Å². The number of nitro groups is 2. The Balaban J connectivity index is 0.000000260. The molecule has 48 heavy (non-hydrogen) atoms. The number of hydrogen-bond acceptors (Lipinski definition) is 8. The molecule has 252 valence electrons. The summed E-state index contributed by atoms with van der Waals surface area (Å²) >= 11 is 0. The largest absolute Gasteiger partial charge is 0.442 e. The number of nitriles is 2. The number of halogens is 6. The molecule has 0 aliphatic rings. The molecule has 0 spiro atoms. The number of nitrogens with zero attached hydrogens (tertiary/aromatic N) is 8. The number of benzene rings is 2. The summed E-state index contributed by atoms with van der Waals surface area (Å²) in [5.74, 6) is -1.05. The van der Waals surface area contributed by atoms with E-state index >= 15 is 0 Å². The summed E-state index contributed by atoms with van der Waals surface area (Å²) in [5, 5.41) is 47.1. The molecule has 0 saturated carbocycles. The molecule has 2 aromatic heterocycles. The van der Waals surface area contributed by atoms with E-state index in [1.165, 1.54) is 36.4 Å². The Labute approximate surface area is 268 Å². The second-order valence-electron chi connectivity index (χ2n) is 10.9. The SMILES string of the molecule is CC(C)c1c([N+](=O)[O-])c(C(F)(F)F)nn1Cc1ccc(C#N)cc1.CC(C)c1nn(Cc2ccc(C#N)cc2)c(C(F)(F)F)c1[N+](=O)[O-]. The van der Waals surface area contributed by atoms with Gasteiger partial charge in [-0.2, -0.15) is 47.1 Å². The molecule has 0 N–H and O–H groups in total. The number of alkyl halides is 6. The molecule has 0 fully saturated rings. The molecule has 0 radical (unpaired) electrons. The third kappa shape index (κ3) is 8.32. The first-order valence-corrected chi connectivity index (χ1v) is 13.9. The molecule has 2 heterocycles. The first kappa shape index (κ1) is 36.7. The monoisotopic (exact) mass is 676 g/mol. The van der Waals surface area contributed by atoms with E-state index in [1.807, 2.05) is 12.1 Å². The number of aromatic nitrogens is 4. The predicted molar refractivity (Wildman–Crippen MR) is 156 cm³/mol. The quantitative estimate of drug-likeness (QED) is 0.104. The molecule has 0 aliphatic carbocycles. The molecule has 0 saturated heterocycles. The van der Waals surface area contributed by atoms with Gasteiger partial charge < -0.3 is 0 Å². The summed E-state index contributed by atoms with van der Waals surface area (Å²) in [6.45, 7) is 5.88. The lowest BCUT2D eigenvalue weighted by Gasteiger charge is -2.09. The molecule has 0 unspecified atom stereocenters. The zero-order valence-corrected chi connectivity index (χ0v) is 25.7. The molecular formula is C30H26F6N8O4. The number of rotatable bonds is 8. The molecule has 4 rings (SSSR count). The van der Waals surface area contributed by atoms with Crippen LogP contribution in [0.5, 0.6) is 0 Å². The molecule has 0 amide bonds. The van der Waals surface area contributed by atoms with Crippen LogP contribution in [-0.2, 0) is 25.4 Å². The normalized spacial score (nSPS) is 11.5. The van der Waals surface area contributed by atoms with Gasteiger partial charge in [0.25, 0.3) is 0 Å². The Bertz CT molecular complexity index is 1870. The van der Waals surface area contributed by atoms with Crippen molar-refractivity contribution >= 4 is 11.4 Å². The minimum Gasteiger partial charge on any atom is -0.258 e. The fourth-order valence-corrected chi connectivity index (χ4v) is 4.68. The third-order valence-electron chi connectivity index (χ3n) is 6.75. The first-order chi connectivity index (χ1) is 22.3. The van der Waals surface area contributed by atoms with Gasteiger partial charge >= 0.3 is 23.7 Å². The molecule has 0 bridgehead atoms. The smallest absolute Gasteiger partial charge is 0.258 e. The van der Waals surface area contributed by atoms with Crippen LogP contribution in [0.2, 0.25) is 0 Å². The molecule has 18 heteroatoms. The van der Waals surface area contributed by atoms with Crippen molar-refractivity contribution in [3.63, 3.8) is 0 Å². The lowest BCUT2D eigenvalue weighted by molar-refractivity contribution is -0.389. The Morgan fingerprint density at radius 2 is 1.15 bits per heavy atom. The summed E-state index contributed by atoms with van der Waals surface area (Å²) in [4.78, 5) is 20.2. The first-order valence-electron chi connectivity index (χ1n) is 13.9. The summed E-state index contributed by atoms with van der Waals surface area (Å²) < 4.78 is 81.0. The van der Waals surface area contributed by atoms with Crippen LogP contribution in [0.4, 0.5) is 37.7 Å². The van der Waals surface area contributed by atoms with Gasteiger partial charge in [-0.25, -0.2) is 4.68 Å². The van der Waals surface area contributed by atoms with Gasteiger partial charge in [0, 0.05) is 11.8 Å². The van der Waals surface area contributed by atoms with E-state index in [0.717, 1.165) is 4.68 Å². The van der Waals surface area contributed by atoms with Crippen molar-refractivity contribution in [1.82, 2.24) is 19.6 Å². The predicted octanol–water partition coefficient (Wildman–Crippen LogP) is 7.71. The van der Waals surface area contributed by atoms with Crippen molar-refractivity contribution in [3.05, 3.63) is 114 Å². The van der Waals surface area contributed by atoms with Crippen molar-refractivity contribution in [3.8, 4) is 12.1 Å². The van der Waals surface area contributed by atoms with Gasteiger partial charge in [-0.05, 0) is 35.4 Å². The minimum atomic E-state index is -4.91. The topological polar surface area (TPSA) is 169 Å². The Kier molecular flexibility index (Phi) is 11.0. The van der Waals surface area contributed by atoms with Crippen molar-refractivity contribution in [2.45, 2.75) is 65.0 Å². The van der Waals surface area contributed by atoms with E-state index in [2.05, 4.69) is 10.2 Å². The van der Waals surface area contributed by atoms with Crippen molar-refractivity contribution in [1.29, 1.82) is 10.5 Å². The Hall–Kier alpha value is -5.78. The average Bonchev–Trinajstić information content (AvgIpc) is 3.58. The average molecular weight is 677 g/mol. The van der Waals surface area contributed by atoms with E-state index in [9.17, 15) is 46.6 Å². The summed E-state index contributed by atoms with van der Waals surface area (Å²) in [6.07, 6.45) is -9.82. The van der Waals surface area contributed by atoms with Crippen LogP contribution in [0.25, 0.3) is 0 Å². The van der Waals surface area contributed by atoms with Gasteiger partial charge in [-0.1, -0.05) is 52.0 Å². The second-order valence-corrected chi connectivity index (χ2v) is 10.9. The summed E-state index contributed by atoms with van der Waals surface area (Å²) in [6, 6.07) is 15.9. The Morgan fingerprint density at radius 1 is 0.708 bits per heavy atom.